The van der Waals surface area contributed by atoms with Crippen molar-refractivity contribution in [3.8, 4) is 11.3 Å². The molecule has 3 nitrogen and oxygen atoms in total. The maximum absolute atomic E-state index is 6.09. The zero-order chi connectivity index (χ0) is 14.5. The fourth-order valence-electron chi connectivity index (χ4n) is 2.16. The average Bonchev–Trinajstić information content (AvgIpc) is 2.40. The molecule has 0 saturated carbocycles. The van der Waals surface area contributed by atoms with Gasteiger partial charge in [0.25, 0.3) is 0 Å². The van der Waals surface area contributed by atoms with Crippen molar-refractivity contribution in [2.75, 3.05) is 11.9 Å². The van der Waals surface area contributed by atoms with Crippen LogP contribution in [0.1, 0.15) is 25.8 Å². The van der Waals surface area contributed by atoms with Gasteiger partial charge in [-0.05, 0) is 31.5 Å². The molecule has 106 valence electrons. The summed E-state index contributed by atoms with van der Waals surface area (Å²) in [6.45, 7) is 5.01. The van der Waals surface area contributed by atoms with E-state index in [9.17, 15) is 0 Å². The fraction of sp³-hybridized carbons (Fsp3) is 0.333. The molecule has 0 atom stereocenters. The summed E-state index contributed by atoms with van der Waals surface area (Å²) >= 11 is 12.2. The van der Waals surface area contributed by atoms with Crippen molar-refractivity contribution < 1.29 is 0 Å². The second-order valence-corrected chi connectivity index (χ2v) is 5.36. The summed E-state index contributed by atoms with van der Waals surface area (Å²) in [5.74, 6) is 0.885. The van der Waals surface area contributed by atoms with E-state index in [0.29, 0.717) is 10.0 Å². The number of hydrogen-bond acceptors (Lipinski definition) is 3. The molecular formula is C15H17Cl2N3. The second kappa shape index (κ2) is 6.91. The van der Waals surface area contributed by atoms with E-state index in [1.807, 2.05) is 19.1 Å². The van der Waals surface area contributed by atoms with Crippen LogP contribution in [0.4, 0.5) is 5.82 Å². The van der Waals surface area contributed by atoms with Crippen molar-refractivity contribution >= 4 is 29.0 Å². The van der Waals surface area contributed by atoms with Crippen molar-refractivity contribution in [3.05, 3.63) is 40.1 Å². The summed E-state index contributed by atoms with van der Waals surface area (Å²) < 4.78 is 0. The highest BCUT2D eigenvalue weighted by Gasteiger charge is 2.13. The summed E-state index contributed by atoms with van der Waals surface area (Å²) in [4.78, 5) is 8.75. The molecule has 1 heterocycles. The van der Waals surface area contributed by atoms with Crippen LogP contribution in [0.15, 0.2) is 24.5 Å². The molecule has 1 aromatic carbocycles. The molecule has 0 aliphatic carbocycles. The van der Waals surface area contributed by atoms with Crippen LogP contribution in [0.2, 0.25) is 10.0 Å². The van der Waals surface area contributed by atoms with E-state index in [1.54, 1.807) is 12.4 Å². The minimum Gasteiger partial charge on any atom is -0.370 e. The Bertz CT molecular complexity index is 579. The molecule has 2 aromatic rings. The summed E-state index contributed by atoms with van der Waals surface area (Å²) in [6, 6.07) is 5.48. The van der Waals surface area contributed by atoms with Gasteiger partial charge in [0.05, 0.1) is 5.69 Å². The normalized spacial score (nSPS) is 10.6. The Morgan fingerprint density at radius 1 is 1.05 bits per heavy atom. The van der Waals surface area contributed by atoms with Crippen molar-refractivity contribution in [2.45, 2.75) is 26.7 Å². The van der Waals surface area contributed by atoms with Crippen molar-refractivity contribution in [3.63, 3.8) is 0 Å². The Balaban J connectivity index is 2.56. The molecule has 0 fully saturated rings. The molecule has 0 aliphatic rings. The van der Waals surface area contributed by atoms with E-state index in [2.05, 4.69) is 22.2 Å². The topological polar surface area (TPSA) is 37.8 Å². The lowest BCUT2D eigenvalue weighted by molar-refractivity contribution is 0.902. The van der Waals surface area contributed by atoms with Gasteiger partial charge in [0, 0.05) is 27.7 Å². The molecule has 0 bridgehead atoms. The van der Waals surface area contributed by atoms with E-state index in [-0.39, 0.29) is 0 Å². The second-order valence-electron chi connectivity index (χ2n) is 4.49. The predicted octanol–water partition coefficient (Wildman–Crippen LogP) is 4.83. The van der Waals surface area contributed by atoms with Crippen LogP contribution in [-0.2, 0) is 6.42 Å². The number of hydrogen-bond donors (Lipinski definition) is 1. The van der Waals surface area contributed by atoms with Gasteiger partial charge in [0.2, 0.25) is 0 Å². The SMILES string of the molecule is CCCc1c(NCC)ncnc1-c1cc(Cl)cc(Cl)c1. The van der Waals surface area contributed by atoms with Gasteiger partial charge >= 0.3 is 0 Å². The van der Waals surface area contributed by atoms with Gasteiger partial charge in [-0.2, -0.15) is 0 Å². The van der Waals surface area contributed by atoms with Crippen LogP contribution in [0.3, 0.4) is 0 Å². The number of halogens is 2. The van der Waals surface area contributed by atoms with Crippen LogP contribution in [0.5, 0.6) is 0 Å². The van der Waals surface area contributed by atoms with Crippen LogP contribution in [0, 0.1) is 0 Å². The first-order valence-electron chi connectivity index (χ1n) is 6.69. The number of anilines is 1. The molecular weight excluding hydrogens is 293 g/mol. The van der Waals surface area contributed by atoms with Gasteiger partial charge in [-0.1, -0.05) is 36.5 Å². The highest BCUT2D eigenvalue weighted by molar-refractivity contribution is 6.35. The Morgan fingerprint density at radius 2 is 1.75 bits per heavy atom. The van der Waals surface area contributed by atoms with Gasteiger partial charge in [-0.15, -0.1) is 0 Å². The standard InChI is InChI=1S/C15H17Cl2N3/c1-3-5-13-14(19-9-20-15(13)18-4-2)10-6-11(16)8-12(17)7-10/h6-9H,3-5H2,1-2H3,(H,18,19,20). The molecule has 5 heteroatoms. The van der Waals surface area contributed by atoms with Gasteiger partial charge < -0.3 is 5.32 Å². The number of nitrogens with one attached hydrogen (secondary N) is 1. The molecule has 0 aliphatic heterocycles. The summed E-state index contributed by atoms with van der Waals surface area (Å²) in [5, 5.41) is 4.50. The van der Waals surface area contributed by atoms with Crippen molar-refractivity contribution in [1.82, 2.24) is 9.97 Å². The quantitative estimate of drug-likeness (QED) is 0.859. The predicted molar refractivity (Wildman–Crippen MR) is 85.6 cm³/mol. The van der Waals surface area contributed by atoms with Crippen LogP contribution in [0.25, 0.3) is 11.3 Å². The minimum atomic E-state index is 0.610. The Hall–Kier alpha value is -1.32. The van der Waals surface area contributed by atoms with E-state index in [4.69, 9.17) is 23.2 Å². The third-order valence-corrected chi connectivity index (χ3v) is 3.36. The lowest BCUT2D eigenvalue weighted by Gasteiger charge is -2.13. The van der Waals surface area contributed by atoms with Gasteiger partial charge in [0.15, 0.2) is 0 Å². The minimum absolute atomic E-state index is 0.610. The molecule has 1 aromatic heterocycles. The monoisotopic (exact) mass is 309 g/mol. The third-order valence-electron chi connectivity index (χ3n) is 2.93. The van der Waals surface area contributed by atoms with E-state index >= 15 is 0 Å². The third kappa shape index (κ3) is 3.41. The first-order valence-corrected chi connectivity index (χ1v) is 7.45. The number of aromatic nitrogens is 2. The highest BCUT2D eigenvalue weighted by Crippen LogP contribution is 2.31. The van der Waals surface area contributed by atoms with Gasteiger partial charge in [-0.3, -0.25) is 0 Å². The van der Waals surface area contributed by atoms with Crippen molar-refractivity contribution in [2.24, 2.45) is 0 Å². The molecule has 1 N–H and O–H groups in total. The highest BCUT2D eigenvalue weighted by atomic mass is 35.5. The Kier molecular flexibility index (Phi) is 5.21. The first-order chi connectivity index (χ1) is 9.65. The van der Waals surface area contributed by atoms with Crippen LogP contribution in [-0.4, -0.2) is 16.5 Å². The largest absolute Gasteiger partial charge is 0.370 e. The first kappa shape index (κ1) is 15.1. The number of nitrogens with zero attached hydrogens (tertiary/aromatic N) is 2. The lowest BCUT2D eigenvalue weighted by Crippen LogP contribution is -2.06. The van der Waals surface area contributed by atoms with Gasteiger partial charge in [0.1, 0.15) is 12.1 Å². The van der Waals surface area contributed by atoms with Crippen LogP contribution < -0.4 is 5.32 Å². The maximum atomic E-state index is 6.09. The average molecular weight is 310 g/mol. The number of benzene rings is 1. The maximum Gasteiger partial charge on any atom is 0.133 e. The van der Waals surface area contributed by atoms with E-state index < -0.39 is 0 Å². The summed E-state index contributed by atoms with van der Waals surface area (Å²) in [7, 11) is 0. The van der Waals surface area contributed by atoms with E-state index in [0.717, 1.165) is 42.0 Å². The Morgan fingerprint density at radius 3 is 2.35 bits per heavy atom. The van der Waals surface area contributed by atoms with Crippen molar-refractivity contribution in [1.29, 1.82) is 0 Å². The fourth-order valence-corrected chi connectivity index (χ4v) is 2.68. The molecule has 2 rings (SSSR count). The molecule has 0 saturated heterocycles. The summed E-state index contributed by atoms with van der Waals surface area (Å²) in [6.07, 6.45) is 3.50. The van der Waals surface area contributed by atoms with Gasteiger partial charge in [-0.25, -0.2) is 9.97 Å². The molecule has 20 heavy (non-hydrogen) atoms. The molecule has 0 amide bonds. The zero-order valence-corrected chi connectivity index (χ0v) is 13.1. The van der Waals surface area contributed by atoms with Crippen LogP contribution >= 0.6 is 23.2 Å². The summed E-state index contributed by atoms with van der Waals surface area (Å²) in [5.41, 5.74) is 2.92. The smallest absolute Gasteiger partial charge is 0.133 e. The van der Waals surface area contributed by atoms with E-state index in [1.165, 1.54) is 0 Å². The lowest BCUT2D eigenvalue weighted by atomic mass is 10.0. The molecule has 0 radical (unpaired) electrons. The number of rotatable bonds is 5. The Labute approximate surface area is 129 Å². The molecule has 0 spiro atoms. The zero-order valence-electron chi connectivity index (χ0n) is 11.6. The molecule has 0 unspecified atom stereocenters.